The van der Waals surface area contributed by atoms with Gasteiger partial charge in [0.05, 0.1) is 23.3 Å². The number of hydrogen-bond donors (Lipinski definition) is 0. The minimum absolute atomic E-state index is 0.159. The van der Waals surface area contributed by atoms with E-state index in [4.69, 9.17) is 0 Å². The number of rotatable bonds is 5. The van der Waals surface area contributed by atoms with Gasteiger partial charge in [-0.1, -0.05) is 40.2 Å². The maximum absolute atomic E-state index is 13.3. The molecule has 0 radical (unpaired) electrons. The van der Waals surface area contributed by atoms with Crippen molar-refractivity contribution in [1.29, 1.82) is 0 Å². The molecule has 0 N–H and O–H groups in total. The number of aromatic nitrogens is 3. The summed E-state index contributed by atoms with van der Waals surface area (Å²) in [7, 11) is 0. The van der Waals surface area contributed by atoms with Gasteiger partial charge < -0.3 is 4.90 Å². The smallest absolute Gasteiger partial charge is 0.275 e. The fraction of sp³-hybridized carbons (Fsp3) is 0.130. The Balaban J connectivity index is 1.70. The third-order valence-electron chi connectivity index (χ3n) is 4.82. The largest absolute Gasteiger partial charge is 0.305 e. The first-order valence-corrected chi connectivity index (χ1v) is 10.2. The Morgan fingerprint density at radius 2 is 1.70 bits per heavy atom. The maximum Gasteiger partial charge on any atom is 0.275 e. The van der Waals surface area contributed by atoms with Gasteiger partial charge in [-0.15, -0.1) is 0 Å². The van der Waals surface area contributed by atoms with E-state index in [1.54, 1.807) is 17.2 Å². The minimum Gasteiger partial charge on any atom is -0.305 e. The predicted octanol–water partition coefficient (Wildman–Crippen LogP) is 4.10. The number of nitrogens with zero attached hydrogens (tertiary/aromatic N) is 4. The van der Waals surface area contributed by atoms with E-state index in [9.17, 15) is 9.59 Å². The summed E-state index contributed by atoms with van der Waals surface area (Å²) in [6.45, 7) is 1.97. The Kier molecular flexibility index (Phi) is 5.72. The molecule has 4 aromatic rings. The highest BCUT2D eigenvalue weighted by atomic mass is 79.9. The van der Waals surface area contributed by atoms with E-state index >= 15 is 0 Å². The molecule has 1 amide bonds. The molecule has 6 nitrogen and oxygen atoms in total. The summed E-state index contributed by atoms with van der Waals surface area (Å²) in [6.07, 6.45) is 1.69. The number of hydrogen-bond acceptors (Lipinski definition) is 4. The highest BCUT2D eigenvalue weighted by Crippen LogP contribution is 2.21. The van der Waals surface area contributed by atoms with Crippen molar-refractivity contribution in [1.82, 2.24) is 14.8 Å². The van der Waals surface area contributed by atoms with E-state index in [0.29, 0.717) is 17.6 Å². The molecule has 0 saturated heterocycles. The zero-order valence-corrected chi connectivity index (χ0v) is 17.9. The van der Waals surface area contributed by atoms with Crippen molar-refractivity contribution in [2.75, 3.05) is 4.90 Å². The number of pyridine rings is 1. The topological polar surface area (TPSA) is 68.1 Å². The summed E-state index contributed by atoms with van der Waals surface area (Å²) in [4.78, 5) is 32.1. The molecule has 0 spiro atoms. The van der Waals surface area contributed by atoms with E-state index in [-0.39, 0.29) is 18.0 Å². The molecular formula is C23H19BrN4O2. The number of fused-ring (bicyclic) bond motifs is 1. The average molecular weight is 463 g/mol. The van der Waals surface area contributed by atoms with Crippen LogP contribution < -0.4 is 10.5 Å². The molecule has 0 bridgehead atoms. The highest BCUT2D eigenvalue weighted by Gasteiger charge is 2.19. The lowest BCUT2D eigenvalue weighted by molar-refractivity contribution is -0.119. The second-order valence-corrected chi connectivity index (χ2v) is 7.79. The van der Waals surface area contributed by atoms with Crippen LogP contribution in [0, 0.1) is 6.92 Å². The van der Waals surface area contributed by atoms with Gasteiger partial charge in [0.25, 0.3) is 5.56 Å². The van der Waals surface area contributed by atoms with Crippen molar-refractivity contribution in [3.63, 3.8) is 0 Å². The van der Waals surface area contributed by atoms with Crippen molar-refractivity contribution in [3.05, 3.63) is 99.1 Å². The number of aryl methyl sites for hydroxylation is 1. The van der Waals surface area contributed by atoms with Gasteiger partial charge >= 0.3 is 0 Å². The van der Waals surface area contributed by atoms with E-state index in [1.165, 1.54) is 4.68 Å². The monoisotopic (exact) mass is 462 g/mol. The van der Waals surface area contributed by atoms with Crippen molar-refractivity contribution >= 4 is 38.3 Å². The van der Waals surface area contributed by atoms with Crippen molar-refractivity contribution in [2.24, 2.45) is 0 Å². The molecule has 0 saturated carbocycles. The SMILES string of the molecule is Cc1nn(CC(=O)N(Cc2ccccn2)c2ccc(Br)cc2)c(=O)c2ccccc12. The zero-order valence-electron chi connectivity index (χ0n) is 16.3. The summed E-state index contributed by atoms with van der Waals surface area (Å²) in [6, 6.07) is 20.3. The lowest BCUT2D eigenvalue weighted by Crippen LogP contribution is -2.37. The van der Waals surface area contributed by atoms with Crippen molar-refractivity contribution < 1.29 is 4.79 Å². The molecule has 0 aliphatic rings. The molecule has 2 heterocycles. The van der Waals surface area contributed by atoms with Crippen molar-refractivity contribution in [3.8, 4) is 0 Å². The third kappa shape index (κ3) is 4.16. The second-order valence-electron chi connectivity index (χ2n) is 6.87. The first-order valence-electron chi connectivity index (χ1n) is 9.45. The summed E-state index contributed by atoms with van der Waals surface area (Å²) < 4.78 is 2.16. The molecule has 0 unspecified atom stereocenters. The first-order chi connectivity index (χ1) is 14.5. The van der Waals surface area contributed by atoms with Crippen LogP contribution in [0.15, 0.2) is 82.2 Å². The standard InChI is InChI=1S/C23H19BrN4O2/c1-16-20-7-2-3-8-21(20)23(30)28(26-16)15-22(29)27(14-18-6-4-5-13-25-18)19-11-9-17(24)10-12-19/h2-13H,14-15H2,1H3. The normalized spacial score (nSPS) is 10.9. The van der Waals surface area contributed by atoms with E-state index in [0.717, 1.165) is 21.2 Å². The van der Waals surface area contributed by atoms with Crippen LogP contribution in [0.4, 0.5) is 5.69 Å². The lowest BCUT2D eigenvalue weighted by Gasteiger charge is -2.23. The van der Waals surface area contributed by atoms with E-state index in [1.807, 2.05) is 67.6 Å². The third-order valence-corrected chi connectivity index (χ3v) is 5.35. The predicted molar refractivity (Wildman–Crippen MR) is 120 cm³/mol. The van der Waals surface area contributed by atoms with E-state index < -0.39 is 0 Å². The van der Waals surface area contributed by atoms with Crippen molar-refractivity contribution in [2.45, 2.75) is 20.0 Å². The molecule has 4 rings (SSSR count). The summed E-state index contributed by atoms with van der Waals surface area (Å²) in [5, 5.41) is 5.72. The lowest BCUT2D eigenvalue weighted by atomic mass is 10.1. The molecule has 0 fully saturated rings. The van der Waals surface area contributed by atoms with Crippen LogP contribution in [0.5, 0.6) is 0 Å². The Morgan fingerprint density at radius 1 is 1.00 bits per heavy atom. The van der Waals surface area contributed by atoms with Gasteiger partial charge in [-0.3, -0.25) is 14.6 Å². The van der Waals surface area contributed by atoms with E-state index in [2.05, 4.69) is 26.0 Å². The number of carbonyl (C=O) groups excluding carboxylic acids is 1. The quantitative estimate of drug-likeness (QED) is 0.447. The molecule has 7 heteroatoms. The Bertz CT molecular complexity index is 1250. The molecule has 2 aromatic carbocycles. The first kappa shape index (κ1) is 20.0. The summed E-state index contributed by atoms with van der Waals surface area (Å²) >= 11 is 3.42. The molecule has 2 aromatic heterocycles. The number of benzene rings is 2. The Hall–Kier alpha value is -3.32. The number of anilines is 1. The highest BCUT2D eigenvalue weighted by molar-refractivity contribution is 9.10. The molecular weight excluding hydrogens is 444 g/mol. The van der Waals surface area contributed by atoms with Crippen LogP contribution in [0.2, 0.25) is 0 Å². The summed E-state index contributed by atoms with van der Waals surface area (Å²) in [5.41, 5.74) is 1.90. The Morgan fingerprint density at radius 3 is 2.40 bits per heavy atom. The fourth-order valence-corrected chi connectivity index (χ4v) is 3.59. The van der Waals surface area contributed by atoms with Crippen LogP contribution in [-0.4, -0.2) is 20.7 Å². The molecule has 30 heavy (non-hydrogen) atoms. The minimum atomic E-state index is -0.279. The number of carbonyl (C=O) groups is 1. The molecule has 0 atom stereocenters. The van der Waals surface area contributed by atoms with Crippen LogP contribution >= 0.6 is 15.9 Å². The van der Waals surface area contributed by atoms with Crippen LogP contribution in [0.1, 0.15) is 11.4 Å². The van der Waals surface area contributed by atoms with Gasteiger partial charge in [-0.05, 0) is 49.4 Å². The fourth-order valence-electron chi connectivity index (χ4n) is 3.32. The molecule has 0 aliphatic heterocycles. The molecule has 0 aliphatic carbocycles. The number of amides is 1. The maximum atomic E-state index is 13.3. The summed E-state index contributed by atoms with van der Waals surface area (Å²) in [5.74, 6) is -0.243. The zero-order chi connectivity index (χ0) is 21.1. The van der Waals surface area contributed by atoms with Gasteiger partial charge in [0, 0.05) is 21.7 Å². The van der Waals surface area contributed by atoms with Crippen LogP contribution in [0.25, 0.3) is 10.8 Å². The number of halogens is 1. The molecule has 150 valence electrons. The van der Waals surface area contributed by atoms with Gasteiger partial charge in [0.15, 0.2) is 0 Å². The van der Waals surface area contributed by atoms with Crippen LogP contribution in [0.3, 0.4) is 0 Å². The average Bonchev–Trinajstić information content (AvgIpc) is 2.77. The van der Waals surface area contributed by atoms with Gasteiger partial charge in [-0.25, -0.2) is 4.68 Å². The van der Waals surface area contributed by atoms with Crippen LogP contribution in [-0.2, 0) is 17.9 Å². The Labute approximate surface area is 181 Å². The van der Waals surface area contributed by atoms with Gasteiger partial charge in [0.1, 0.15) is 6.54 Å². The van der Waals surface area contributed by atoms with Gasteiger partial charge in [-0.2, -0.15) is 5.10 Å². The second kappa shape index (κ2) is 8.59. The van der Waals surface area contributed by atoms with Gasteiger partial charge in [0.2, 0.25) is 5.91 Å².